The Morgan fingerprint density at radius 2 is 2.00 bits per heavy atom. The lowest BCUT2D eigenvalue weighted by Gasteiger charge is -2.27. The zero-order valence-corrected chi connectivity index (χ0v) is 13.2. The molecule has 0 saturated carbocycles. The summed E-state index contributed by atoms with van der Waals surface area (Å²) >= 11 is -2.37. The van der Waals surface area contributed by atoms with Crippen molar-refractivity contribution in [2.24, 2.45) is 17.6 Å². The molecule has 0 aliphatic carbocycles. The van der Waals surface area contributed by atoms with Crippen molar-refractivity contribution in [1.82, 2.24) is 5.32 Å². The number of carbonyl (C=O) groups excluding carboxylic acids is 2. The summed E-state index contributed by atoms with van der Waals surface area (Å²) in [6, 6.07) is 0. The molecule has 0 spiro atoms. The van der Waals surface area contributed by atoms with Gasteiger partial charge in [-0.1, -0.05) is 13.8 Å². The summed E-state index contributed by atoms with van der Waals surface area (Å²) in [5.74, 6) is -1.38. The van der Waals surface area contributed by atoms with Crippen LogP contribution in [0.25, 0.3) is 0 Å². The first-order valence-electron chi connectivity index (χ1n) is 6.44. The van der Waals surface area contributed by atoms with E-state index in [1.54, 1.807) is 20.8 Å². The minimum Gasteiger partial charge on any atom is -0.369 e. The van der Waals surface area contributed by atoms with Crippen LogP contribution >= 0.6 is 0 Å². The molecule has 0 aromatic rings. The Balaban J connectivity index is 4.44. The molecule has 0 fully saturated rings. The van der Waals surface area contributed by atoms with Gasteiger partial charge in [-0.2, -0.15) is 4.21 Å². The van der Waals surface area contributed by atoms with Crippen molar-refractivity contribution >= 4 is 23.2 Å². The van der Waals surface area contributed by atoms with E-state index in [9.17, 15) is 13.8 Å². The zero-order chi connectivity index (χ0) is 15.9. The van der Waals surface area contributed by atoms with Crippen molar-refractivity contribution in [2.45, 2.75) is 46.1 Å². The van der Waals surface area contributed by atoms with Crippen molar-refractivity contribution in [3.63, 3.8) is 0 Å². The van der Waals surface area contributed by atoms with Crippen LogP contribution in [0, 0.1) is 11.8 Å². The van der Waals surface area contributed by atoms with E-state index in [2.05, 4.69) is 9.50 Å². The lowest BCUT2D eigenvalue weighted by molar-refractivity contribution is -0.128. The molecule has 0 heterocycles. The maximum Gasteiger partial charge on any atom is 0.301 e. The number of nitrogens with one attached hydrogen (secondary N) is 1. The number of primary amides is 1. The second-order valence-electron chi connectivity index (χ2n) is 5.50. The normalized spacial score (nSPS) is 16.2. The summed E-state index contributed by atoms with van der Waals surface area (Å²) in [5.41, 5.74) is 4.47. The molecule has 0 rings (SSSR count). The van der Waals surface area contributed by atoms with Gasteiger partial charge in [0.05, 0.1) is 12.1 Å². The SMILES string of the molecule is CCC(CC(C)C(=O)NC(C)(C)COS(=O)O)C(N)=O. The topological polar surface area (TPSA) is 119 Å². The number of carbonyl (C=O) groups is 2. The average molecular weight is 308 g/mol. The summed E-state index contributed by atoms with van der Waals surface area (Å²) in [6.07, 6.45) is 0.962. The smallest absolute Gasteiger partial charge is 0.301 e. The molecule has 0 aromatic carbocycles. The molecule has 3 atom stereocenters. The average Bonchev–Trinajstić information content (AvgIpc) is 2.32. The van der Waals surface area contributed by atoms with Gasteiger partial charge in [0.15, 0.2) is 0 Å². The highest BCUT2D eigenvalue weighted by molar-refractivity contribution is 7.74. The van der Waals surface area contributed by atoms with E-state index < -0.39 is 22.8 Å². The Labute approximate surface area is 122 Å². The molecule has 4 N–H and O–H groups in total. The fraction of sp³-hybridized carbons (Fsp3) is 0.833. The van der Waals surface area contributed by atoms with Crippen LogP contribution in [0.5, 0.6) is 0 Å². The second kappa shape index (κ2) is 8.33. The van der Waals surface area contributed by atoms with E-state index >= 15 is 0 Å². The summed E-state index contributed by atoms with van der Waals surface area (Å²) in [6.45, 7) is 6.81. The van der Waals surface area contributed by atoms with Gasteiger partial charge in [0.2, 0.25) is 11.8 Å². The summed E-state index contributed by atoms with van der Waals surface area (Å²) in [7, 11) is 0. The van der Waals surface area contributed by atoms with Crippen molar-refractivity contribution < 1.29 is 22.5 Å². The fourth-order valence-corrected chi connectivity index (χ4v) is 2.10. The Hall–Kier alpha value is -0.990. The molecule has 0 aliphatic rings. The maximum absolute atomic E-state index is 12.0. The molecule has 8 heteroatoms. The third-order valence-corrected chi connectivity index (χ3v) is 3.28. The van der Waals surface area contributed by atoms with Crippen LogP contribution < -0.4 is 11.1 Å². The molecular formula is C12H24N2O5S. The molecule has 0 radical (unpaired) electrons. The molecule has 0 bridgehead atoms. The van der Waals surface area contributed by atoms with Crippen LogP contribution in [0.15, 0.2) is 0 Å². The Morgan fingerprint density at radius 1 is 1.45 bits per heavy atom. The number of nitrogens with two attached hydrogens (primary N) is 1. The largest absolute Gasteiger partial charge is 0.369 e. The lowest BCUT2D eigenvalue weighted by Crippen LogP contribution is -2.49. The van der Waals surface area contributed by atoms with E-state index in [0.717, 1.165) is 0 Å². The second-order valence-corrected chi connectivity index (χ2v) is 6.17. The van der Waals surface area contributed by atoms with Crippen molar-refractivity contribution in [3.05, 3.63) is 0 Å². The van der Waals surface area contributed by atoms with E-state index in [1.807, 2.05) is 6.92 Å². The Kier molecular flexibility index (Phi) is 7.92. The minimum atomic E-state index is -2.37. The van der Waals surface area contributed by atoms with Gasteiger partial charge in [-0.25, -0.2) is 0 Å². The molecule has 2 amide bonds. The minimum absolute atomic E-state index is 0.0956. The summed E-state index contributed by atoms with van der Waals surface area (Å²) < 4.78 is 23.6. The first-order valence-corrected chi connectivity index (χ1v) is 7.47. The zero-order valence-electron chi connectivity index (χ0n) is 12.3. The van der Waals surface area contributed by atoms with Gasteiger partial charge in [-0.05, 0) is 26.7 Å². The first kappa shape index (κ1) is 19.0. The number of hydrogen-bond acceptors (Lipinski definition) is 4. The van der Waals surface area contributed by atoms with Gasteiger partial charge >= 0.3 is 11.4 Å². The highest BCUT2D eigenvalue weighted by Gasteiger charge is 2.27. The molecule has 3 unspecified atom stereocenters. The van der Waals surface area contributed by atoms with Crippen LogP contribution in [0.4, 0.5) is 0 Å². The van der Waals surface area contributed by atoms with Gasteiger partial charge in [0.1, 0.15) is 0 Å². The predicted octanol–water partition coefficient (Wildman–Crippen LogP) is 0.572. The molecule has 118 valence electrons. The van der Waals surface area contributed by atoms with Crippen LogP contribution in [-0.2, 0) is 25.1 Å². The first-order chi connectivity index (χ1) is 9.09. The van der Waals surface area contributed by atoms with Gasteiger partial charge in [0.25, 0.3) is 0 Å². The molecule has 20 heavy (non-hydrogen) atoms. The fourth-order valence-electron chi connectivity index (χ4n) is 1.71. The standard InChI is InChI=1S/C12H24N2O5S/c1-5-9(10(13)15)6-8(2)11(16)14-12(3,4)7-19-20(17)18/h8-9H,5-7H2,1-4H3,(H2,13,15)(H,14,16)(H,17,18). The molecule has 7 nitrogen and oxygen atoms in total. The van der Waals surface area contributed by atoms with E-state index in [0.29, 0.717) is 12.8 Å². The highest BCUT2D eigenvalue weighted by atomic mass is 32.2. The van der Waals surface area contributed by atoms with Crippen molar-refractivity contribution in [3.8, 4) is 0 Å². The molecular weight excluding hydrogens is 284 g/mol. The maximum atomic E-state index is 12.0. The highest BCUT2D eigenvalue weighted by Crippen LogP contribution is 2.16. The molecule has 0 aliphatic heterocycles. The van der Waals surface area contributed by atoms with Crippen LogP contribution in [-0.4, -0.2) is 32.7 Å². The summed E-state index contributed by atoms with van der Waals surface area (Å²) in [4.78, 5) is 23.2. The number of rotatable bonds is 9. The van der Waals surface area contributed by atoms with Crippen LogP contribution in [0.2, 0.25) is 0 Å². The predicted molar refractivity (Wildman–Crippen MR) is 75.7 cm³/mol. The van der Waals surface area contributed by atoms with Crippen molar-refractivity contribution in [2.75, 3.05) is 6.61 Å². The van der Waals surface area contributed by atoms with E-state index in [1.165, 1.54) is 0 Å². The van der Waals surface area contributed by atoms with E-state index in [-0.39, 0.29) is 24.3 Å². The number of amides is 2. The van der Waals surface area contributed by atoms with E-state index in [4.69, 9.17) is 10.3 Å². The van der Waals surface area contributed by atoms with Crippen molar-refractivity contribution in [1.29, 1.82) is 0 Å². The monoisotopic (exact) mass is 308 g/mol. The quantitative estimate of drug-likeness (QED) is 0.538. The Bertz CT molecular complexity index is 373. The Morgan fingerprint density at radius 3 is 2.40 bits per heavy atom. The van der Waals surface area contributed by atoms with Gasteiger partial charge < -0.3 is 11.1 Å². The summed E-state index contributed by atoms with van der Waals surface area (Å²) in [5, 5.41) is 2.72. The third-order valence-electron chi connectivity index (χ3n) is 2.96. The van der Waals surface area contributed by atoms with Crippen LogP contribution in [0.1, 0.15) is 40.5 Å². The molecule has 0 saturated heterocycles. The lowest BCUT2D eigenvalue weighted by atomic mass is 9.92. The van der Waals surface area contributed by atoms with Crippen LogP contribution in [0.3, 0.4) is 0 Å². The number of hydrogen-bond donors (Lipinski definition) is 3. The van der Waals surface area contributed by atoms with Gasteiger partial charge in [-0.3, -0.25) is 18.3 Å². The van der Waals surface area contributed by atoms with Gasteiger partial charge in [0, 0.05) is 11.8 Å². The third kappa shape index (κ3) is 7.56. The van der Waals surface area contributed by atoms with Gasteiger partial charge in [-0.15, -0.1) is 0 Å². The molecule has 0 aromatic heterocycles.